The first-order valence-corrected chi connectivity index (χ1v) is 5.59. The molecule has 0 saturated heterocycles. The van der Waals surface area contributed by atoms with Gasteiger partial charge in [0.1, 0.15) is 5.82 Å². The zero-order valence-corrected chi connectivity index (χ0v) is 9.61. The van der Waals surface area contributed by atoms with E-state index in [1.54, 1.807) is 18.6 Å². The van der Waals surface area contributed by atoms with Crippen LogP contribution in [-0.4, -0.2) is 41.0 Å². The van der Waals surface area contributed by atoms with Crippen LogP contribution in [0.4, 0.5) is 5.82 Å². The molecule has 0 saturated carbocycles. The number of hydrogen-bond donors (Lipinski definition) is 1. The molecule has 1 aromatic heterocycles. The van der Waals surface area contributed by atoms with Crippen molar-refractivity contribution in [2.24, 2.45) is 0 Å². The minimum Gasteiger partial charge on any atom is -0.368 e. The molecule has 1 heterocycles. The maximum Gasteiger partial charge on any atom is 0.144 e. The second-order valence-corrected chi connectivity index (χ2v) is 3.45. The Hall–Kier alpha value is -1.16. The number of aromatic nitrogens is 2. The van der Waals surface area contributed by atoms with Gasteiger partial charge in [0.15, 0.2) is 0 Å². The standard InChI is InChI=1S/C11H20N4/c1-3-8-15(4-2)9-7-14-11-10-12-5-6-13-11/h5-6,10H,3-4,7-9H2,1-2H3,(H,13,14). The van der Waals surface area contributed by atoms with Gasteiger partial charge in [0, 0.05) is 25.5 Å². The molecule has 0 atom stereocenters. The lowest BCUT2D eigenvalue weighted by Gasteiger charge is -2.19. The summed E-state index contributed by atoms with van der Waals surface area (Å²) in [7, 11) is 0. The summed E-state index contributed by atoms with van der Waals surface area (Å²) in [6, 6.07) is 0. The van der Waals surface area contributed by atoms with Crippen LogP contribution in [0.25, 0.3) is 0 Å². The Kier molecular flexibility index (Phi) is 5.70. The van der Waals surface area contributed by atoms with E-state index in [0.717, 1.165) is 25.5 Å². The Morgan fingerprint density at radius 3 is 2.73 bits per heavy atom. The van der Waals surface area contributed by atoms with E-state index >= 15 is 0 Å². The highest BCUT2D eigenvalue weighted by atomic mass is 15.1. The van der Waals surface area contributed by atoms with Gasteiger partial charge >= 0.3 is 0 Å². The van der Waals surface area contributed by atoms with Crippen LogP contribution in [0.15, 0.2) is 18.6 Å². The van der Waals surface area contributed by atoms with E-state index in [0.29, 0.717) is 0 Å². The summed E-state index contributed by atoms with van der Waals surface area (Å²) in [6.45, 7) is 8.65. The number of anilines is 1. The fourth-order valence-corrected chi connectivity index (χ4v) is 1.48. The van der Waals surface area contributed by atoms with Gasteiger partial charge in [-0.25, -0.2) is 4.98 Å². The maximum atomic E-state index is 4.16. The normalized spacial score (nSPS) is 10.6. The van der Waals surface area contributed by atoms with Gasteiger partial charge in [0.25, 0.3) is 0 Å². The van der Waals surface area contributed by atoms with Crippen molar-refractivity contribution >= 4 is 5.82 Å². The molecular weight excluding hydrogens is 188 g/mol. The molecule has 1 N–H and O–H groups in total. The monoisotopic (exact) mass is 208 g/mol. The van der Waals surface area contributed by atoms with Gasteiger partial charge in [-0.1, -0.05) is 13.8 Å². The average molecular weight is 208 g/mol. The number of hydrogen-bond acceptors (Lipinski definition) is 4. The molecule has 0 aromatic carbocycles. The molecule has 0 aliphatic heterocycles. The van der Waals surface area contributed by atoms with Crippen LogP contribution in [0.1, 0.15) is 20.3 Å². The van der Waals surface area contributed by atoms with E-state index in [4.69, 9.17) is 0 Å². The third kappa shape index (κ3) is 4.74. The van der Waals surface area contributed by atoms with Crippen molar-refractivity contribution in [2.75, 3.05) is 31.5 Å². The predicted molar refractivity (Wildman–Crippen MR) is 62.9 cm³/mol. The first-order valence-electron chi connectivity index (χ1n) is 5.59. The average Bonchev–Trinajstić information content (AvgIpc) is 2.29. The zero-order chi connectivity index (χ0) is 10.9. The van der Waals surface area contributed by atoms with Gasteiger partial charge in [-0.3, -0.25) is 4.98 Å². The fourth-order valence-electron chi connectivity index (χ4n) is 1.48. The van der Waals surface area contributed by atoms with E-state index < -0.39 is 0 Å². The van der Waals surface area contributed by atoms with Gasteiger partial charge in [-0.2, -0.15) is 0 Å². The molecule has 84 valence electrons. The molecule has 15 heavy (non-hydrogen) atoms. The Balaban J connectivity index is 2.20. The molecule has 0 bridgehead atoms. The second-order valence-electron chi connectivity index (χ2n) is 3.45. The molecule has 0 aliphatic carbocycles. The van der Waals surface area contributed by atoms with Gasteiger partial charge < -0.3 is 10.2 Å². The largest absolute Gasteiger partial charge is 0.368 e. The van der Waals surface area contributed by atoms with Crippen molar-refractivity contribution < 1.29 is 0 Å². The molecule has 4 heteroatoms. The molecule has 0 fully saturated rings. The highest BCUT2D eigenvalue weighted by Gasteiger charge is 1.99. The number of rotatable bonds is 7. The van der Waals surface area contributed by atoms with Crippen LogP contribution in [-0.2, 0) is 0 Å². The van der Waals surface area contributed by atoms with Crippen molar-refractivity contribution in [3.8, 4) is 0 Å². The lowest BCUT2D eigenvalue weighted by molar-refractivity contribution is 0.300. The van der Waals surface area contributed by atoms with Gasteiger partial charge in [-0.05, 0) is 19.5 Å². The molecule has 0 radical (unpaired) electrons. The first-order chi connectivity index (χ1) is 7.36. The minimum atomic E-state index is 0.852. The second kappa shape index (κ2) is 7.17. The van der Waals surface area contributed by atoms with Crippen molar-refractivity contribution in [1.82, 2.24) is 14.9 Å². The van der Waals surface area contributed by atoms with Gasteiger partial charge in [0.2, 0.25) is 0 Å². The third-order valence-electron chi connectivity index (χ3n) is 2.28. The highest BCUT2D eigenvalue weighted by molar-refractivity contribution is 5.29. The van der Waals surface area contributed by atoms with Crippen molar-refractivity contribution in [3.05, 3.63) is 18.6 Å². The summed E-state index contributed by atoms with van der Waals surface area (Å²) >= 11 is 0. The lowest BCUT2D eigenvalue weighted by Crippen LogP contribution is -2.29. The fraction of sp³-hybridized carbons (Fsp3) is 0.636. The molecule has 1 rings (SSSR count). The summed E-state index contributed by atoms with van der Waals surface area (Å²) in [4.78, 5) is 10.6. The first kappa shape index (κ1) is 11.9. The Morgan fingerprint density at radius 2 is 2.13 bits per heavy atom. The molecule has 1 aromatic rings. The van der Waals surface area contributed by atoms with Gasteiger partial charge in [-0.15, -0.1) is 0 Å². The summed E-state index contributed by atoms with van der Waals surface area (Å²) in [6.07, 6.45) is 6.33. The van der Waals surface area contributed by atoms with Crippen LogP contribution < -0.4 is 5.32 Å². The quantitative estimate of drug-likeness (QED) is 0.739. The lowest BCUT2D eigenvalue weighted by atomic mass is 10.4. The van der Waals surface area contributed by atoms with Crippen LogP contribution >= 0.6 is 0 Å². The Bertz CT molecular complexity index is 250. The van der Waals surface area contributed by atoms with Crippen LogP contribution in [0, 0.1) is 0 Å². The van der Waals surface area contributed by atoms with Gasteiger partial charge in [0.05, 0.1) is 6.20 Å². The molecule has 0 spiro atoms. The molecule has 4 nitrogen and oxygen atoms in total. The smallest absolute Gasteiger partial charge is 0.144 e. The van der Waals surface area contributed by atoms with Crippen molar-refractivity contribution in [3.63, 3.8) is 0 Å². The van der Waals surface area contributed by atoms with E-state index in [1.165, 1.54) is 13.0 Å². The Labute approximate surface area is 91.7 Å². The minimum absolute atomic E-state index is 0.852. The Morgan fingerprint density at radius 1 is 1.27 bits per heavy atom. The van der Waals surface area contributed by atoms with Crippen LogP contribution in [0.5, 0.6) is 0 Å². The van der Waals surface area contributed by atoms with Crippen molar-refractivity contribution in [2.45, 2.75) is 20.3 Å². The summed E-state index contributed by atoms with van der Waals surface area (Å²) in [5.41, 5.74) is 0. The maximum absolute atomic E-state index is 4.16. The van der Waals surface area contributed by atoms with E-state index in [9.17, 15) is 0 Å². The summed E-state index contributed by atoms with van der Waals surface area (Å²) in [5.74, 6) is 0.852. The number of nitrogens with zero attached hydrogens (tertiary/aromatic N) is 3. The SMILES string of the molecule is CCCN(CC)CCNc1cnccn1. The topological polar surface area (TPSA) is 41.0 Å². The molecule has 0 aliphatic rings. The molecule has 0 unspecified atom stereocenters. The third-order valence-corrected chi connectivity index (χ3v) is 2.28. The summed E-state index contributed by atoms with van der Waals surface area (Å²) < 4.78 is 0. The molecule has 0 amide bonds. The predicted octanol–water partition coefficient (Wildman–Crippen LogP) is 1.62. The number of likely N-dealkylation sites (N-methyl/N-ethyl adjacent to an activating group) is 1. The van der Waals surface area contributed by atoms with E-state index in [2.05, 4.69) is 34.0 Å². The van der Waals surface area contributed by atoms with E-state index in [1.807, 2.05) is 0 Å². The van der Waals surface area contributed by atoms with Crippen LogP contribution in [0.2, 0.25) is 0 Å². The van der Waals surface area contributed by atoms with E-state index in [-0.39, 0.29) is 0 Å². The van der Waals surface area contributed by atoms with Crippen molar-refractivity contribution in [1.29, 1.82) is 0 Å². The molecular formula is C11H20N4. The summed E-state index contributed by atoms with van der Waals surface area (Å²) in [5, 5.41) is 3.25. The van der Waals surface area contributed by atoms with Crippen LogP contribution in [0.3, 0.4) is 0 Å². The highest BCUT2D eigenvalue weighted by Crippen LogP contribution is 1.97. The zero-order valence-electron chi connectivity index (χ0n) is 9.61. The number of nitrogens with one attached hydrogen (secondary N) is 1.